The maximum absolute atomic E-state index is 12.5. The van der Waals surface area contributed by atoms with E-state index in [1.165, 1.54) is 25.7 Å². The molecular weight excluding hydrogens is 260 g/mol. The Balaban J connectivity index is 1.51. The Morgan fingerprint density at radius 1 is 1.05 bits per heavy atom. The standard InChI is InChI=1S/C19H30O2/c1-10(2)11(3)18(20)21-19(4)9-14-8-15(19)17-13-6-5-12(7-13)16(14)17/h10-17H,5-9H2,1-4H3. The highest BCUT2D eigenvalue weighted by Crippen LogP contribution is 2.70. The van der Waals surface area contributed by atoms with Gasteiger partial charge in [0.1, 0.15) is 5.60 Å². The molecule has 0 aliphatic heterocycles. The number of esters is 1. The zero-order valence-electron chi connectivity index (χ0n) is 14.0. The van der Waals surface area contributed by atoms with Crippen LogP contribution in [0.1, 0.15) is 59.8 Å². The first-order chi connectivity index (χ1) is 9.90. The van der Waals surface area contributed by atoms with Crippen molar-refractivity contribution in [1.82, 2.24) is 0 Å². The summed E-state index contributed by atoms with van der Waals surface area (Å²) in [6.07, 6.45) is 6.88. The first-order valence-corrected chi connectivity index (χ1v) is 9.13. The monoisotopic (exact) mass is 290 g/mol. The van der Waals surface area contributed by atoms with Crippen LogP contribution in [0.5, 0.6) is 0 Å². The fourth-order valence-electron chi connectivity index (χ4n) is 6.58. The third-order valence-corrected chi connectivity index (χ3v) is 7.77. The Morgan fingerprint density at radius 2 is 1.71 bits per heavy atom. The minimum Gasteiger partial charge on any atom is -0.459 e. The van der Waals surface area contributed by atoms with Gasteiger partial charge in [-0.1, -0.05) is 20.8 Å². The summed E-state index contributed by atoms with van der Waals surface area (Å²) in [5.74, 6) is 5.79. The summed E-state index contributed by atoms with van der Waals surface area (Å²) in [6, 6.07) is 0. The van der Waals surface area contributed by atoms with E-state index in [9.17, 15) is 4.79 Å². The highest BCUT2D eigenvalue weighted by molar-refractivity contribution is 5.72. The lowest BCUT2D eigenvalue weighted by Gasteiger charge is -2.44. The Morgan fingerprint density at radius 3 is 2.38 bits per heavy atom. The molecule has 8 atom stereocenters. The van der Waals surface area contributed by atoms with E-state index in [1.54, 1.807) is 0 Å². The molecule has 4 fully saturated rings. The molecule has 0 spiro atoms. The molecule has 2 heteroatoms. The van der Waals surface area contributed by atoms with E-state index in [0.717, 1.165) is 36.0 Å². The molecule has 0 aromatic carbocycles. The van der Waals surface area contributed by atoms with Gasteiger partial charge < -0.3 is 4.74 Å². The van der Waals surface area contributed by atoms with Gasteiger partial charge >= 0.3 is 5.97 Å². The second kappa shape index (κ2) is 4.49. The average Bonchev–Trinajstić information content (AvgIpc) is 3.13. The Bertz CT molecular complexity index is 456. The van der Waals surface area contributed by atoms with Gasteiger partial charge in [-0.15, -0.1) is 0 Å². The third-order valence-electron chi connectivity index (χ3n) is 7.77. The van der Waals surface area contributed by atoms with Gasteiger partial charge in [0.15, 0.2) is 0 Å². The fourth-order valence-corrected chi connectivity index (χ4v) is 6.58. The van der Waals surface area contributed by atoms with Crippen LogP contribution in [0.3, 0.4) is 0 Å². The first kappa shape index (κ1) is 14.1. The van der Waals surface area contributed by atoms with Crippen LogP contribution >= 0.6 is 0 Å². The first-order valence-electron chi connectivity index (χ1n) is 9.13. The largest absolute Gasteiger partial charge is 0.459 e. The molecule has 0 aromatic heterocycles. The zero-order valence-corrected chi connectivity index (χ0v) is 14.0. The predicted molar refractivity (Wildman–Crippen MR) is 82.5 cm³/mol. The quantitative estimate of drug-likeness (QED) is 0.573. The van der Waals surface area contributed by atoms with Gasteiger partial charge in [-0.25, -0.2) is 0 Å². The van der Waals surface area contributed by atoms with E-state index in [-0.39, 0.29) is 17.5 Å². The van der Waals surface area contributed by atoms with E-state index in [1.807, 2.05) is 6.92 Å². The summed E-state index contributed by atoms with van der Waals surface area (Å²) in [7, 11) is 0. The fraction of sp³-hybridized carbons (Fsp3) is 0.947. The SMILES string of the molecule is CC(C)C(C)C(=O)OC1(C)CC2CC1C1C3CCC(C3)C21. The number of hydrogen-bond donors (Lipinski definition) is 0. The minimum atomic E-state index is -0.156. The lowest BCUT2D eigenvalue weighted by atomic mass is 9.66. The number of ether oxygens (including phenoxy) is 1. The molecule has 0 saturated heterocycles. The Labute approximate surface area is 129 Å². The molecule has 21 heavy (non-hydrogen) atoms. The van der Waals surface area contributed by atoms with Gasteiger partial charge in [0.2, 0.25) is 0 Å². The van der Waals surface area contributed by atoms with Crippen molar-refractivity contribution in [2.45, 2.75) is 65.4 Å². The average molecular weight is 290 g/mol. The van der Waals surface area contributed by atoms with Crippen LogP contribution in [0.2, 0.25) is 0 Å². The predicted octanol–water partition coefficient (Wildman–Crippen LogP) is 4.28. The van der Waals surface area contributed by atoms with E-state index < -0.39 is 0 Å². The van der Waals surface area contributed by atoms with Crippen LogP contribution in [-0.4, -0.2) is 11.6 Å². The van der Waals surface area contributed by atoms with E-state index >= 15 is 0 Å². The second-order valence-corrected chi connectivity index (χ2v) is 9.06. The van der Waals surface area contributed by atoms with Crippen molar-refractivity contribution in [3.63, 3.8) is 0 Å². The van der Waals surface area contributed by atoms with Crippen LogP contribution < -0.4 is 0 Å². The van der Waals surface area contributed by atoms with Crippen LogP contribution in [0.4, 0.5) is 0 Å². The molecule has 0 amide bonds. The van der Waals surface area contributed by atoms with Gasteiger partial charge in [0.05, 0.1) is 5.92 Å². The van der Waals surface area contributed by atoms with Crippen LogP contribution in [0.15, 0.2) is 0 Å². The highest BCUT2D eigenvalue weighted by Gasteiger charge is 2.66. The van der Waals surface area contributed by atoms with Crippen molar-refractivity contribution in [3.05, 3.63) is 0 Å². The number of fused-ring (bicyclic) bond motifs is 9. The molecule has 0 aromatic rings. The zero-order chi connectivity index (χ0) is 14.9. The van der Waals surface area contributed by atoms with Crippen molar-refractivity contribution in [2.24, 2.45) is 47.3 Å². The number of hydrogen-bond acceptors (Lipinski definition) is 2. The van der Waals surface area contributed by atoms with E-state index in [0.29, 0.717) is 11.8 Å². The normalized spacial score (nSPS) is 51.5. The van der Waals surface area contributed by atoms with Gasteiger partial charge in [0.25, 0.3) is 0 Å². The molecule has 4 rings (SSSR count). The van der Waals surface area contributed by atoms with Crippen LogP contribution in [0.25, 0.3) is 0 Å². The van der Waals surface area contributed by atoms with Crippen molar-refractivity contribution < 1.29 is 9.53 Å². The molecule has 4 aliphatic carbocycles. The molecule has 8 unspecified atom stereocenters. The van der Waals surface area contributed by atoms with Gasteiger partial charge in [0, 0.05) is 5.92 Å². The highest BCUT2D eigenvalue weighted by atomic mass is 16.6. The van der Waals surface area contributed by atoms with Crippen molar-refractivity contribution in [3.8, 4) is 0 Å². The summed E-state index contributed by atoms with van der Waals surface area (Å²) in [5.41, 5.74) is -0.156. The summed E-state index contributed by atoms with van der Waals surface area (Å²) >= 11 is 0. The maximum atomic E-state index is 12.5. The minimum absolute atomic E-state index is 0.0248. The lowest BCUT2D eigenvalue weighted by molar-refractivity contribution is -0.174. The molecule has 4 bridgehead atoms. The Hall–Kier alpha value is -0.530. The van der Waals surface area contributed by atoms with E-state index in [4.69, 9.17) is 4.74 Å². The van der Waals surface area contributed by atoms with Gasteiger partial charge in [-0.2, -0.15) is 0 Å². The molecule has 4 aliphatic rings. The molecular formula is C19H30O2. The summed E-state index contributed by atoms with van der Waals surface area (Å²) in [5, 5.41) is 0. The van der Waals surface area contributed by atoms with Gasteiger partial charge in [-0.05, 0) is 74.5 Å². The number of carbonyl (C=O) groups excluding carboxylic acids is 1. The molecule has 0 N–H and O–H groups in total. The van der Waals surface area contributed by atoms with Crippen molar-refractivity contribution in [2.75, 3.05) is 0 Å². The van der Waals surface area contributed by atoms with E-state index in [2.05, 4.69) is 20.8 Å². The van der Waals surface area contributed by atoms with Crippen LogP contribution in [0, 0.1) is 47.3 Å². The molecule has 2 nitrogen and oxygen atoms in total. The summed E-state index contributed by atoms with van der Waals surface area (Å²) in [4.78, 5) is 12.5. The third kappa shape index (κ3) is 1.86. The maximum Gasteiger partial charge on any atom is 0.309 e. The summed E-state index contributed by atoms with van der Waals surface area (Å²) < 4.78 is 6.13. The lowest BCUT2D eigenvalue weighted by Crippen LogP contribution is -2.46. The molecule has 118 valence electrons. The van der Waals surface area contributed by atoms with Gasteiger partial charge in [-0.3, -0.25) is 4.79 Å². The summed E-state index contributed by atoms with van der Waals surface area (Å²) in [6.45, 7) is 8.48. The van der Waals surface area contributed by atoms with Crippen molar-refractivity contribution in [1.29, 1.82) is 0 Å². The second-order valence-electron chi connectivity index (χ2n) is 9.06. The molecule has 0 heterocycles. The molecule has 4 saturated carbocycles. The molecule has 0 radical (unpaired) electrons. The van der Waals surface area contributed by atoms with Crippen molar-refractivity contribution >= 4 is 5.97 Å². The smallest absolute Gasteiger partial charge is 0.309 e. The Kier molecular flexibility index (Phi) is 3.01. The number of rotatable bonds is 3. The topological polar surface area (TPSA) is 26.3 Å². The number of carbonyl (C=O) groups is 1. The van der Waals surface area contributed by atoms with Crippen LogP contribution in [-0.2, 0) is 9.53 Å².